The normalized spacial score (nSPS) is 16.3. The Bertz CT molecular complexity index is 606. The lowest BCUT2D eigenvalue weighted by Gasteiger charge is -2.11. The number of nitrogens with one attached hydrogen (secondary N) is 1. The summed E-state index contributed by atoms with van der Waals surface area (Å²) in [6.07, 6.45) is 4.53. The molecule has 1 saturated heterocycles. The average Bonchev–Trinajstić information content (AvgIpc) is 3.10. The molecule has 0 aliphatic carbocycles. The van der Waals surface area contributed by atoms with Crippen LogP contribution in [0.4, 0.5) is 0 Å². The van der Waals surface area contributed by atoms with Crippen molar-refractivity contribution in [2.24, 2.45) is 0 Å². The summed E-state index contributed by atoms with van der Waals surface area (Å²) in [7, 11) is 0. The lowest BCUT2D eigenvalue weighted by Crippen LogP contribution is -2.17. The number of nitrogens with zero attached hydrogens (tertiary/aromatic N) is 4. The molecule has 0 unspecified atom stereocenters. The Kier molecular flexibility index (Phi) is 3.76. The molecule has 3 rings (SSSR count). The average molecular weight is 295 g/mol. The molecule has 0 amide bonds. The van der Waals surface area contributed by atoms with Crippen LogP contribution in [0.2, 0.25) is 0 Å². The molecule has 0 saturated carbocycles. The number of hydrogen-bond donors (Lipinski definition) is 1. The molecule has 5 nitrogen and oxygen atoms in total. The molecule has 102 valence electrons. The number of likely N-dealkylation sites (tertiary alicyclic amines) is 1. The summed E-state index contributed by atoms with van der Waals surface area (Å²) in [5.41, 5.74) is 0. The molecular formula is C12H17N5S2. The molecule has 1 fully saturated rings. The summed E-state index contributed by atoms with van der Waals surface area (Å²) >= 11 is 6.93. The minimum Gasteiger partial charge on any atom is -0.300 e. The molecule has 1 aliphatic heterocycles. The van der Waals surface area contributed by atoms with Gasteiger partial charge < -0.3 is 0 Å². The maximum absolute atomic E-state index is 5.22. The van der Waals surface area contributed by atoms with Gasteiger partial charge >= 0.3 is 0 Å². The second-order valence-corrected chi connectivity index (χ2v) is 6.20. The van der Waals surface area contributed by atoms with E-state index in [2.05, 4.69) is 27.0 Å². The second kappa shape index (κ2) is 5.52. The van der Waals surface area contributed by atoms with E-state index in [-0.39, 0.29) is 0 Å². The predicted molar refractivity (Wildman–Crippen MR) is 78.7 cm³/mol. The van der Waals surface area contributed by atoms with Crippen LogP contribution < -0.4 is 0 Å². The largest absolute Gasteiger partial charge is 0.300 e. The maximum atomic E-state index is 5.22. The van der Waals surface area contributed by atoms with Crippen LogP contribution in [0, 0.1) is 4.77 Å². The number of rotatable bonds is 4. The van der Waals surface area contributed by atoms with Crippen molar-refractivity contribution >= 4 is 23.6 Å². The second-order valence-electron chi connectivity index (χ2n) is 4.70. The van der Waals surface area contributed by atoms with E-state index in [0.29, 0.717) is 4.77 Å². The highest BCUT2D eigenvalue weighted by molar-refractivity contribution is 7.71. The molecule has 0 aromatic carbocycles. The van der Waals surface area contributed by atoms with Gasteiger partial charge in [0.15, 0.2) is 10.6 Å². The minimum absolute atomic E-state index is 0.673. The Morgan fingerprint density at radius 2 is 2.21 bits per heavy atom. The van der Waals surface area contributed by atoms with Crippen molar-refractivity contribution in [3.8, 4) is 10.7 Å². The maximum Gasteiger partial charge on any atom is 0.195 e. The summed E-state index contributed by atoms with van der Waals surface area (Å²) in [5.74, 6) is 0.901. The van der Waals surface area contributed by atoms with Crippen molar-refractivity contribution in [3.05, 3.63) is 16.0 Å². The van der Waals surface area contributed by atoms with Crippen LogP contribution in [0.3, 0.4) is 0 Å². The topological polar surface area (TPSA) is 49.7 Å². The van der Waals surface area contributed by atoms with Crippen molar-refractivity contribution in [1.29, 1.82) is 0 Å². The predicted octanol–water partition coefficient (Wildman–Crippen LogP) is 2.68. The molecular weight excluding hydrogens is 278 g/mol. The van der Waals surface area contributed by atoms with Crippen LogP contribution in [-0.2, 0) is 13.1 Å². The third-order valence-corrected chi connectivity index (χ3v) is 4.70. The molecule has 3 heterocycles. The standard InChI is InChI=1S/C12H17N5S2/c1-2-17-11(14-15-12(17)18)9-7-13-10(19-9)8-16-5-3-4-6-16/h7H,2-6,8H2,1H3,(H,15,18). The van der Waals surface area contributed by atoms with Crippen LogP contribution in [0.5, 0.6) is 0 Å². The van der Waals surface area contributed by atoms with Crippen LogP contribution in [0.15, 0.2) is 6.20 Å². The van der Waals surface area contributed by atoms with Gasteiger partial charge in [-0.15, -0.1) is 11.3 Å². The third-order valence-electron chi connectivity index (χ3n) is 3.41. The van der Waals surface area contributed by atoms with E-state index in [9.17, 15) is 0 Å². The lowest BCUT2D eigenvalue weighted by atomic mass is 10.4. The first-order valence-electron chi connectivity index (χ1n) is 6.60. The van der Waals surface area contributed by atoms with Gasteiger partial charge in [0.1, 0.15) is 5.01 Å². The highest BCUT2D eigenvalue weighted by Gasteiger charge is 2.16. The fourth-order valence-corrected chi connectivity index (χ4v) is 3.64. The number of thiazole rings is 1. The van der Waals surface area contributed by atoms with E-state index in [1.165, 1.54) is 25.9 Å². The molecule has 2 aromatic rings. The van der Waals surface area contributed by atoms with Crippen LogP contribution in [0.25, 0.3) is 10.7 Å². The molecule has 0 radical (unpaired) electrons. The molecule has 1 N–H and O–H groups in total. The molecule has 0 spiro atoms. The number of H-pyrrole nitrogens is 1. The van der Waals surface area contributed by atoms with Gasteiger partial charge in [-0.2, -0.15) is 5.10 Å². The lowest BCUT2D eigenvalue weighted by molar-refractivity contribution is 0.331. The quantitative estimate of drug-likeness (QED) is 0.881. The van der Waals surface area contributed by atoms with Crippen molar-refractivity contribution in [1.82, 2.24) is 24.6 Å². The summed E-state index contributed by atoms with van der Waals surface area (Å²) in [5, 5.41) is 8.32. The zero-order chi connectivity index (χ0) is 13.2. The molecule has 1 aliphatic rings. The first-order valence-corrected chi connectivity index (χ1v) is 7.83. The summed E-state index contributed by atoms with van der Waals surface area (Å²) in [6.45, 7) is 6.25. The molecule has 2 aromatic heterocycles. The monoisotopic (exact) mass is 295 g/mol. The Labute approximate surface area is 121 Å². The van der Waals surface area contributed by atoms with E-state index in [1.54, 1.807) is 11.3 Å². The first kappa shape index (κ1) is 13.0. The van der Waals surface area contributed by atoms with E-state index in [1.807, 2.05) is 10.8 Å². The molecule has 0 atom stereocenters. The molecule has 0 bridgehead atoms. The number of aromatic amines is 1. The minimum atomic E-state index is 0.673. The smallest absolute Gasteiger partial charge is 0.195 e. The van der Waals surface area contributed by atoms with Gasteiger partial charge in [-0.25, -0.2) is 4.98 Å². The van der Waals surface area contributed by atoms with Gasteiger partial charge in [0.05, 0.1) is 11.4 Å². The highest BCUT2D eigenvalue weighted by Crippen LogP contribution is 2.26. The summed E-state index contributed by atoms with van der Waals surface area (Å²) in [4.78, 5) is 8.06. The fraction of sp³-hybridized carbons (Fsp3) is 0.583. The summed E-state index contributed by atoms with van der Waals surface area (Å²) in [6, 6.07) is 0. The van der Waals surface area contributed by atoms with Crippen molar-refractivity contribution < 1.29 is 0 Å². The van der Waals surface area contributed by atoms with E-state index >= 15 is 0 Å². The zero-order valence-corrected chi connectivity index (χ0v) is 12.6. The van der Waals surface area contributed by atoms with Crippen molar-refractivity contribution in [2.75, 3.05) is 13.1 Å². The Morgan fingerprint density at radius 1 is 1.42 bits per heavy atom. The van der Waals surface area contributed by atoms with Gasteiger partial charge in [0, 0.05) is 12.7 Å². The Morgan fingerprint density at radius 3 is 2.95 bits per heavy atom. The van der Waals surface area contributed by atoms with Gasteiger partial charge in [0.25, 0.3) is 0 Å². The van der Waals surface area contributed by atoms with Crippen molar-refractivity contribution in [2.45, 2.75) is 32.9 Å². The molecule has 19 heavy (non-hydrogen) atoms. The Balaban J connectivity index is 1.82. The SMILES string of the molecule is CCn1c(-c2cnc(CN3CCCC3)s2)n[nH]c1=S. The first-order chi connectivity index (χ1) is 9.28. The number of aromatic nitrogens is 4. The van der Waals surface area contributed by atoms with Gasteiger partial charge in [-0.1, -0.05) is 0 Å². The van der Waals surface area contributed by atoms with Crippen LogP contribution in [0.1, 0.15) is 24.8 Å². The van der Waals surface area contributed by atoms with E-state index in [0.717, 1.165) is 28.8 Å². The van der Waals surface area contributed by atoms with Gasteiger partial charge in [0.2, 0.25) is 0 Å². The number of hydrogen-bond acceptors (Lipinski definition) is 5. The van der Waals surface area contributed by atoms with E-state index in [4.69, 9.17) is 12.2 Å². The fourth-order valence-electron chi connectivity index (χ4n) is 2.42. The third kappa shape index (κ3) is 2.63. The van der Waals surface area contributed by atoms with Crippen molar-refractivity contribution in [3.63, 3.8) is 0 Å². The van der Waals surface area contributed by atoms with Crippen LogP contribution in [-0.4, -0.2) is 37.7 Å². The summed E-state index contributed by atoms with van der Waals surface area (Å²) < 4.78 is 2.68. The Hall–Kier alpha value is -1.05. The molecule has 7 heteroatoms. The van der Waals surface area contributed by atoms with Gasteiger partial charge in [-0.05, 0) is 45.1 Å². The van der Waals surface area contributed by atoms with E-state index < -0.39 is 0 Å². The highest BCUT2D eigenvalue weighted by atomic mass is 32.1. The van der Waals surface area contributed by atoms with Crippen LogP contribution >= 0.6 is 23.6 Å². The van der Waals surface area contributed by atoms with Gasteiger partial charge in [-0.3, -0.25) is 14.6 Å². The zero-order valence-electron chi connectivity index (χ0n) is 10.9.